The Bertz CT molecular complexity index is 712. The highest BCUT2D eigenvalue weighted by molar-refractivity contribution is 14.0. The molecule has 1 aliphatic carbocycles. The number of guanidine groups is 1. The molecule has 0 atom stereocenters. The van der Waals surface area contributed by atoms with Crippen LogP contribution in [0.2, 0.25) is 0 Å². The van der Waals surface area contributed by atoms with E-state index in [4.69, 9.17) is 0 Å². The SMILES string of the molecule is CN=C(NCc1ccc(CN2CCCC2=O)cc1)N1CCC2(CCCCC2)C1.I. The summed E-state index contributed by atoms with van der Waals surface area (Å²) in [5.74, 6) is 1.32. The third-order valence-electron chi connectivity index (χ3n) is 6.88. The maximum absolute atomic E-state index is 11.8. The minimum absolute atomic E-state index is 0. The summed E-state index contributed by atoms with van der Waals surface area (Å²) in [6.45, 7) is 4.72. The number of benzene rings is 1. The number of amides is 1. The minimum atomic E-state index is 0. The lowest BCUT2D eigenvalue weighted by Crippen LogP contribution is -2.41. The monoisotopic (exact) mass is 510 g/mol. The van der Waals surface area contributed by atoms with E-state index in [1.807, 2.05) is 11.9 Å². The number of hydrogen-bond donors (Lipinski definition) is 1. The molecule has 1 spiro atoms. The van der Waals surface area contributed by atoms with Gasteiger partial charge in [-0.1, -0.05) is 43.5 Å². The lowest BCUT2D eigenvalue weighted by Gasteiger charge is -2.33. The van der Waals surface area contributed by atoms with Gasteiger partial charge in [0.1, 0.15) is 0 Å². The largest absolute Gasteiger partial charge is 0.352 e. The van der Waals surface area contributed by atoms with Gasteiger partial charge in [0.25, 0.3) is 0 Å². The van der Waals surface area contributed by atoms with Gasteiger partial charge in [0.05, 0.1) is 0 Å². The average Bonchev–Trinajstić information content (AvgIpc) is 3.31. The number of halogens is 1. The zero-order valence-corrected chi connectivity index (χ0v) is 20.0. The van der Waals surface area contributed by atoms with Crippen LogP contribution in [0.3, 0.4) is 0 Å². The van der Waals surface area contributed by atoms with Gasteiger partial charge in [-0.3, -0.25) is 9.79 Å². The number of carbonyl (C=O) groups is 1. The first-order chi connectivity index (χ1) is 13.7. The van der Waals surface area contributed by atoms with E-state index in [0.717, 1.165) is 45.1 Å². The summed E-state index contributed by atoms with van der Waals surface area (Å²) >= 11 is 0. The van der Waals surface area contributed by atoms with Gasteiger partial charge in [-0.25, -0.2) is 0 Å². The molecule has 0 radical (unpaired) electrons. The highest BCUT2D eigenvalue weighted by Gasteiger charge is 2.39. The Kier molecular flexibility index (Phi) is 7.82. The number of nitrogens with one attached hydrogen (secondary N) is 1. The van der Waals surface area contributed by atoms with Crippen molar-refractivity contribution in [3.63, 3.8) is 0 Å². The van der Waals surface area contributed by atoms with Gasteiger partial charge in [0.15, 0.2) is 5.96 Å². The molecule has 1 aromatic rings. The van der Waals surface area contributed by atoms with Gasteiger partial charge in [0, 0.05) is 46.2 Å². The van der Waals surface area contributed by atoms with Crippen LogP contribution in [0, 0.1) is 5.41 Å². The fourth-order valence-electron chi connectivity index (χ4n) is 5.19. The Hall–Kier alpha value is -1.31. The second-order valence-electron chi connectivity index (χ2n) is 8.87. The highest BCUT2D eigenvalue weighted by Crippen LogP contribution is 2.43. The molecule has 2 aliphatic heterocycles. The molecule has 3 fully saturated rings. The summed E-state index contributed by atoms with van der Waals surface area (Å²) in [4.78, 5) is 20.8. The van der Waals surface area contributed by atoms with Crippen LogP contribution < -0.4 is 5.32 Å². The number of rotatable bonds is 4. The standard InChI is InChI=1S/C23H34N4O.HI/c1-24-22(27-15-13-23(18-27)11-3-2-4-12-23)25-16-19-7-9-20(10-8-19)17-26-14-5-6-21(26)28;/h7-10H,2-6,11-18H2,1H3,(H,24,25);1H. The van der Waals surface area contributed by atoms with Crippen molar-refractivity contribution in [1.29, 1.82) is 0 Å². The minimum Gasteiger partial charge on any atom is -0.352 e. The molecule has 5 nitrogen and oxygen atoms in total. The van der Waals surface area contributed by atoms with Crippen molar-refractivity contribution in [2.24, 2.45) is 10.4 Å². The predicted molar refractivity (Wildman–Crippen MR) is 128 cm³/mol. The van der Waals surface area contributed by atoms with E-state index in [1.165, 1.54) is 49.7 Å². The van der Waals surface area contributed by atoms with Crippen molar-refractivity contribution >= 4 is 35.8 Å². The Morgan fingerprint density at radius 3 is 2.41 bits per heavy atom. The molecular weight excluding hydrogens is 475 g/mol. The topological polar surface area (TPSA) is 47.9 Å². The fourth-order valence-corrected chi connectivity index (χ4v) is 5.19. The van der Waals surface area contributed by atoms with Gasteiger partial charge in [-0.15, -0.1) is 24.0 Å². The molecule has 0 unspecified atom stereocenters. The summed E-state index contributed by atoms with van der Waals surface area (Å²) in [5, 5.41) is 3.56. The lowest BCUT2D eigenvalue weighted by molar-refractivity contribution is -0.128. The summed E-state index contributed by atoms with van der Waals surface area (Å²) in [6, 6.07) is 8.64. The zero-order valence-electron chi connectivity index (χ0n) is 17.7. The van der Waals surface area contributed by atoms with Crippen LogP contribution in [-0.2, 0) is 17.9 Å². The average molecular weight is 510 g/mol. The number of nitrogens with zero attached hydrogens (tertiary/aromatic N) is 3. The Balaban J connectivity index is 0.00000240. The summed E-state index contributed by atoms with van der Waals surface area (Å²) in [5.41, 5.74) is 3.01. The molecule has 6 heteroatoms. The van der Waals surface area contributed by atoms with Crippen LogP contribution in [0.25, 0.3) is 0 Å². The van der Waals surface area contributed by atoms with Crippen molar-refractivity contribution in [3.05, 3.63) is 35.4 Å². The molecule has 1 amide bonds. The van der Waals surface area contributed by atoms with E-state index in [9.17, 15) is 4.79 Å². The molecule has 29 heavy (non-hydrogen) atoms. The van der Waals surface area contributed by atoms with Crippen LogP contribution in [0.15, 0.2) is 29.3 Å². The van der Waals surface area contributed by atoms with E-state index in [1.54, 1.807) is 0 Å². The zero-order chi connectivity index (χ0) is 19.4. The Morgan fingerprint density at radius 1 is 1.03 bits per heavy atom. The van der Waals surface area contributed by atoms with E-state index in [2.05, 4.69) is 39.5 Å². The van der Waals surface area contributed by atoms with Crippen LogP contribution >= 0.6 is 24.0 Å². The normalized spacial score (nSPS) is 21.6. The molecule has 160 valence electrons. The van der Waals surface area contributed by atoms with Crippen LogP contribution in [0.1, 0.15) is 62.5 Å². The van der Waals surface area contributed by atoms with Crippen molar-refractivity contribution in [1.82, 2.24) is 15.1 Å². The fraction of sp³-hybridized carbons (Fsp3) is 0.652. The Morgan fingerprint density at radius 2 is 1.76 bits per heavy atom. The van der Waals surface area contributed by atoms with Crippen molar-refractivity contribution in [2.45, 2.75) is 64.5 Å². The summed E-state index contributed by atoms with van der Waals surface area (Å²) in [6.07, 6.45) is 10.0. The van der Waals surface area contributed by atoms with Crippen LogP contribution in [0.5, 0.6) is 0 Å². The maximum atomic E-state index is 11.8. The molecule has 1 saturated carbocycles. The quantitative estimate of drug-likeness (QED) is 0.376. The molecule has 0 aromatic heterocycles. The van der Waals surface area contributed by atoms with Gasteiger partial charge < -0.3 is 15.1 Å². The first-order valence-electron chi connectivity index (χ1n) is 11.0. The molecule has 2 saturated heterocycles. The van der Waals surface area contributed by atoms with E-state index in [-0.39, 0.29) is 29.9 Å². The van der Waals surface area contributed by atoms with E-state index >= 15 is 0 Å². The van der Waals surface area contributed by atoms with Crippen molar-refractivity contribution < 1.29 is 4.79 Å². The number of likely N-dealkylation sites (tertiary alicyclic amines) is 2. The van der Waals surface area contributed by atoms with E-state index < -0.39 is 0 Å². The first-order valence-corrected chi connectivity index (χ1v) is 11.0. The third kappa shape index (κ3) is 5.44. The van der Waals surface area contributed by atoms with Gasteiger partial charge in [-0.05, 0) is 42.2 Å². The summed E-state index contributed by atoms with van der Waals surface area (Å²) in [7, 11) is 1.89. The molecule has 4 rings (SSSR count). The summed E-state index contributed by atoms with van der Waals surface area (Å²) < 4.78 is 0. The Labute approximate surface area is 192 Å². The molecule has 1 aromatic carbocycles. The molecule has 1 N–H and O–H groups in total. The van der Waals surface area contributed by atoms with Gasteiger partial charge in [-0.2, -0.15) is 0 Å². The van der Waals surface area contributed by atoms with Crippen LogP contribution in [0.4, 0.5) is 0 Å². The number of hydrogen-bond acceptors (Lipinski definition) is 2. The first kappa shape index (κ1) is 22.4. The van der Waals surface area contributed by atoms with Crippen molar-refractivity contribution in [3.8, 4) is 0 Å². The highest BCUT2D eigenvalue weighted by atomic mass is 127. The molecule has 2 heterocycles. The van der Waals surface area contributed by atoms with Gasteiger partial charge >= 0.3 is 0 Å². The van der Waals surface area contributed by atoms with Gasteiger partial charge in [0.2, 0.25) is 5.91 Å². The molecule has 3 aliphatic rings. The van der Waals surface area contributed by atoms with Crippen molar-refractivity contribution in [2.75, 3.05) is 26.7 Å². The maximum Gasteiger partial charge on any atom is 0.222 e. The predicted octanol–water partition coefficient (Wildman–Crippen LogP) is 4.16. The smallest absolute Gasteiger partial charge is 0.222 e. The second-order valence-corrected chi connectivity index (χ2v) is 8.87. The van der Waals surface area contributed by atoms with Crippen LogP contribution in [-0.4, -0.2) is 48.3 Å². The third-order valence-corrected chi connectivity index (χ3v) is 6.88. The lowest BCUT2D eigenvalue weighted by atomic mass is 9.73. The number of aliphatic imine (C=N–C) groups is 1. The van der Waals surface area contributed by atoms with E-state index in [0.29, 0.717) is 11.8 Å². The molecule has 0 bridgehead atoms. The number of carbonyl (C=O) groups excluding carboxylic acids is 1. The second kappa shape index (κ2) is 10.1. The molecular formula is C23H35IN4O.